The Hall–Kier alpha value is -1.98. The third-order valence-electron chi connectivity index (χ3n) is 3.72. The van der Waals surface area contributed by atoms with Gasteiger partial charge in [0.2, 0.25) is 0 Å². The fourth-order valence-corrected chi connectivity index (χ4v) is 3.09. The number of benzene rings is 2. The molecule has 1 saturated heterocycles. The van der Waals surface area contributed by atoms with Gasteiger partial charge in [-0.05, 0) is 55.1 Å². The molecule has 1 N–H and O–H groups in total. The van der Waals surface area contributed by atoms with Crippen molar-refractivity contribution >= 4 is 28.4 Å². The maximum Gasteiger partial charge on any atom is 0.288 e. The normalized spacial score (nSPS) is 14.6. The molecule has 4 nitrogen and oxygen atoms in total. The molecule has 120 valence electrons. The number of carbonyl (C=O) groups excluding carboxylic acids is 1. The summed E-state index contributed by atoms with van der Waals surface area (Å²) in [6.07, 6.45) is 0. The average Bonchev–Trinajstić information content (AvgIpc) is 2.58. The number of nitrogens with one attached hydrogen (secondary N) is 1. The summed E-state index contributed by atoms with van der Waals surface area (Å²) >= 11 is 1.20. The lowest BCUT2D eigenvalue weighted by Crippen LogP contribution is -2.36. The Balaban J connectivity index is 1.57. The molecule has 0 spiro atoms. The predicted octanol–water partition coefficient (Wildman–Crippen LogP) is 4.16. The number of morpholine rings is 1. The van der Waals surface area contributed by atoms with Gasteiger partial charge in [0.1, 0.15) is 0 Å². The van der Waals surface area contributed by atoms with Crippen LogP contribution < -0.4 is 10.2 Å². The lowest BCUT2D eigenvalue weighted by atomic mass is 10.2. The summed E-state index contributed by atoms with van der Waals surface area (Å²) in [7, 11) is 0. The van der Waals surface area contributed by atoms with Gasteiger partial charge in [-0.15, -0.1) is 0 Å². The van der Waals surface area contributed by atoms with Crippen LogP contribution in [-0.2, 0) is 4.74 Å². The first kappa shape index (κ1) is 15.9. The molecule has 0 radical (unpaired) electrons. The van der Waals surface area contributed by atoms with Gasteiger partial charge in [-0.3, -0.25) is 4.79 Å². The molecular formula is C18H20N2O2S. The highest BCUT2D eigenvalue weighted by molar-refractivity contribution is 8.13. The van der Waals surface area contributed by atoms with E-state index >= 15 is 0 Å². The third kappa shape index (κ3) is 4.50. The molecule has 0 atom stereocenters. The van der Waals surface area contributed by atoms with E-state index in [-0.39, 0.29) is 5.24 Å². The zero-order valence-corrected chi connectivity index (χ0v) is 13.9. The van der Waals surface area contributed by atoms with Crippen molar-refractivity contribution < 1.29 is 9.53 Å². The quantitative estimate of drug-likeness (QED) is 0.859. The largest absolute Gasteiger partial charge is 0.378 e. The minimum absolute atomic E-state index is 0.0759. The van der Waals surface area contributed by atoms with Gasteiger partial charge in [0, 0.05) is 29.4 Å². The molecule has 1 aliphatic rings. The fourth-order valence-electron chi connectivity index (χ4n) is 2.43. The maximum absolute atomic E-state index is 12.1. The van der Waals surface area contributed by atoms with Crippen LogP contribution in [0.25, 0.3) is 0 Å². The highest BCUT2D eigenvalue weighted by Gasteiger charge is 2.11. The van der Waals surface area contributed by atoms with Crippen molar-refractivity contribution in [1.29, 1.82) is 0 Å². The van der Waals surface area contributed by atoms with Gasteiger partial charge in [-0.1, -0.05) is 17.7 Å². The van der Waals surface area contributed by atoms with Crippen molar-refractivity contribution in [1.82, 2.24) is 0 Å². The first-order chi connectivity index (χ1) is 11.2. The second-order valence-corrected chi connectivity index (χ2v) is 6.52. The number of carbonyl (C=O) groups is 1. The van der Waals surface area contributed by atoms with Crippen LogP contribution in [0.3, 0.4) is 0 Å². The minimum Gasteiger partial charge on any atom is -0.378 e. The second-order valence-electron chi connectivity index (χ2n) is 5.47. The first-order valence-electron chi connectivity index (χ1n) is 7.69. The van der Waals surface area contributed by atoms with Crippen molar-refractivity contribution in [2.24, 2.45) is 0 Å². The van der Waals surface area contributed by atoms with Gasteiger partial charge in [-0.2, -0.15) is 0 Å². The molecule has 0 unspecified atom stereocenters. The zero-order valence-electron chi connectivity index (χ0n) is 13.1. The molecule has 5 heteroatoms. The Labute approximate surface area is 140 Å². The van der Waals surface area contributed by atoms with E-state index in [2.05, 4.69) is 10.2 Å². The summed E-state index contributed by atoms with van der Waals surface area (Å²) < 4.78 is 5.36. The SMILES string of the molecule is Cc1ccc(SC(=O)Nc2ccc(N3CCOCC3)cc2)cc1. The Kier molecular flexibility index (Phi) is 5.20. The van der Waals surface area contributed by atoms with Crippen LogP contribution >= 0.6 is 11.8 Å². The summed E-state index contributed by atoms with van der Waals surface area (Å²) in [5, 5.41) is 2.84. The van der Waals surface area contributed by atoms with E-state index < -0.39 is 0 Å². The topological polar surface area (TPSA) is 41.6 Å². The number of anilines is 2. The van der Waals surface area contributed by atoms with Gasteiger partial charge < -0.3 is 15.0 Å². The van der Waals surface area contributed by atoms with Crippen LogP contribution in [0.15, 0.2) is 53.4 Å². The van der Waals surface area contributed by atoms with E-state index in [4.69, 9.17) is 4.74 Å². The Bertz CT molecular complexity index is 650. The van der Waals surface area contributed by atoms with E-state index in [1.165, 1.54) is 17.3 Å². The highest BCUT2D eigenvalue weighted by atomic mass is 32.2. The number of nitrogens with zero attached hydrogens (tertiary/aromatic N) is 1. The van der Waals surface area contributed by atoms with Crippen molar-refractivity contribution in [3.05, 3.63) is 54.1 Å². The summed E-state index contributed by atoms with van der Waals surface area (Å²) in [6, 6.07) is 15.9. The van der Waals surface area contributed by atoms with Gasteiger partial charge in [0.05, 0.1) is 13.2 Å². The maximum atomic E-state index is 12.1. The van der Waals surface area contributed by atoms with Crippen LogP contribution in [0, 0.1) is 6.92 Å². The van der Waals surface area contributed by atoms with Gasteiger partial charge in [-0.25, -0.2) is 0 Å². The van der Waals surface area contributed by atoms with Crippen molar-refractivity contribution in [2.75, 3.05) is 36.5 Å². The monoisotopic (exact) mass is 328 g/mol. The summed E-state index contributed by atoms with van der Waals surface area (Å²) in [5.74, 6) is 0. The van der Waals surface area contributed by atoms with Gasteiger partial charge >= 0.3 is 0 Å². The van der Waals surface area contributed by atoms with E-state index in [9.17, 15) is 4.79 Å². The molecule has 2 aromatic carbocycles. The summed E-state index contributed by atoms with van der Waals surface area (Å²) in [6.45, 7) is 5.39. The molecule has 3 rings (SSSR count). The van der Waals surface area contributed by atoms with Gasteiger partial charge in [0.25, 0.3) is 5.24 Å². The number of rotatable bonds is 3. The summed E-state index contributed by atoms with van der Waals surface area (Å²) in [5.41, 5.74) is 3.16. The van der Waals surface area contributed by atoms with Crippen LogP contribution in [0.1, 0.15) is 5.56 Å². The first-order valence-corrected chi connectivity index (χ1v) is 8.51. The lowest BCUT2D eigenvalue weighted by molar-refractivity contribution is 0.122. The van der Waals surface area contributed by atoms with Crippen molar-refractivity contribution in [2.45, 2.75) is 11.8 Å². The van der Waals surface area contributed by atoms with Crippen molar-refractivity contribution in [3.63, 3.8) is 0 Å². The molecule has 2 aromatic rings. The summed E-state index contributed by atoms with van der Waals surface area (Å²) in [4.78, 5) is 15.3. The minimum atomic E-state index is -0.0759. The molecule has 1 aliphatic heterocycles. The van der Waals surface area contributed by atoms with E-state index in [0.717, 1.165) is 42.6 Å². The zero-order chi connectivity index (χ0) is 16.1. The van der Waals surface area contributed by atoms with Crippen LogP contribution in [0.2, 0.25) is 0 Å². The molecule has 0 aliphatic carbocycles. The number of aryl methyl sites for hydroxylation is 1. The standard InChI is InChI=1S/C18H20N2O2S/c1-14-2-8-17(9-3-14)23-18(21)19-15-4-6-16(7-5-15)20-10-12-22-13-11-20/h2-9H,10-13H2,1H3,(H,19,21). The van der Waals surface area contributed by atoms with Crippen molar-refractivity contribution in [3.8, 4) is 0 Å². The lowest BCUT2D eigenvalue weighted by Gasteiger charge is -2.28. The van der Waals surface area contributed by atoms with Crippen LogP contribution in [-0.4, -0.2) is 31.5 Å². The van der Waals surface area contributed by atoms with Crippen LogP contribution in [0.5, 0.6) is 0 Å². The Morgan fingerprint density at radius 1 is 1.04 bits per heavy atom. The van der Waals surface area contributed by atoms with E-state index in [1.54, 1.807) is 0 Å². The number of hydrogen-bond acceptors (Lipinski definition) is 4. The molecule has 0 saturated carbocycles. The van der Waals surface area contributed by atoms with Crippen LogP contribution in [0.4, 0.5) is 16.2 Å². The number of amides is 1. The van der Waals surface area contributed by atoms with Gasteiger partial charge in [0.15, 0.2) is 0 Å². The molecule has 1 fully saturated rings. The highest BCUT2D eigenvalue weighted by Crippen LogP contribution is 2.23. The number of thioether (sulfide) groups is 1. The molecular weight excluding hydrogens is 308 g/mol. The number of hydrogen-bond donors (Lipinski definition) is 1. The molecule has 23 heavy (non-hydrogen) atoms. The predicted molar refractivity (Wildman–Crippen MR) is 95.5 cm³/mol. The third-order valence-corrected chi connectivity index (χ3v) is 4.52. The van der Waals surface area contributed by atoms with E-state index in [1.807, 2.05) is 55.5 Å². The second kappa shape index (κ2) is 7.53. The Morgan fingerprint density at radius 3 is 2.35 bits per heavy atom. The molecule has 1 amide bonds. The smallest absolute Gasteiger partial charge is 0.288 e. The fraction of sp³-hybridized carbons (Fsp3) is 0.278. The molecule has 1 heterocycles. The van der Waals surface area contributed by atoms with E-state index in [0.29, 0.717) is 0 Å². The average molecular weight is 328 g/mol. The molecule has 0 aromatic heterocycles. The Morgan fingerprint density at radius 2 is 1.70 bits per heavy atom. The molecule has 0 bridgehead atoms. The number of ether oxygens (including phenoxy) is 1.